The molecule has 0 aliphatic carbocycles. The quantitative estimate of drug-likeness (QED) is 0.122. The van der Waals surface area contributed by atoms with E-state index >= 15 is 0 Å². The third kappa shape index (κ3) is 13.6. The number of pyridine rings is 4. The van der Waals surface area contributed by atoms with E-state index in [9.17, 15) is 16.8 Å². The van der Waals surface area contributed by atoms with Gasteiger partial charge in [0.1, 0.15) is 46.0 Å². The zero-order valence-electron chi connectivity index (χ0n) is 35.5. The second-order valence-corrected chi connectivity index (χ2v) is 18.3. The van der Waals surface area contributed by atoms with Gasteiger partial charge in [-0.2, -0.15) is 4.31 Å². The molecule has 0 fully saturated rings. The van der Waals surface area contributed by atoms with E-state index in [-0.39, 0.29) is 28.7 Å². The number of nitrogens with one attached hydrogen (secondary N) is 1. The Kier molecular flexibility index (Phi) is 17.9. The van der Waals surface area contributed by atoms with Crippen molar-refractivity contribution in [3.63, 3.8) is 0 Å². The molecule has 0 bridgehead atoms. The Bertz CT molecular complexity index is 2650. The molecule has 0 radical (unpaired) electrons. The van der Waals surface area contributed by atoms with Gasteiger partial charge in [0, 0.05) is 42.4 Å². The lowest BCUT2D eigenvalue weighted by atomic mass is 10.0. The van der Waals surface area contributed by atoms with Crippen LogP contribution in [0.1, 0.15) is 33.6 Å². The average molecular weight is 956 g/mol. The summed E-state index contributed by atoms with van der Waals surface area (Å²) in [6, 6.07) is 25.4. The van der Waals surface area contributed by atoms with Crippen LogP contribution in [0.4, 0.5) is 0 Å². The third-order valence-corrected chi connectivity index (χ3v) is 13.0. The van der Waals surface area contributed by atoms with Crippen molar-refractivity contribution in [2.75, 3.05) is 41.5 Å². The van der Waals surface area contributed by atoms with Crippen molar-refractivity contribution in [3.05, 3.63) is 143 Å². The molecule has 2 aromatic carbocycles. The number of benzene rings is 2. The molecule has 0 amide bonds. The topological polar surface area (TPSA) is 190 Å². The summed E-state index contributed by atoms with van der Waals surface area (Å²) < 4.78 is 80.6. The van der Waals surface area contributed by atoms with Gasteiger partial charge in [-0.15, -0.1) is 12.4 Å². The highest BCUT2D eigenvalue weighted by Crippen LogP contribution is 2.29. The number of rotatable bonds is 13. The summed E-state index contributed by atoms with van der Waals surface area (Å²) in [5.74, 6) is 3.72. The average Bonchev–Trinajstić information content (AvgIpc) is 3.32. The van der Waals surface area contributed by atoms with Crippen LogP contribution in [0.2, 0.25) is 0 Å². The summed E-state index contributed by atoms with van der Waals surface area (Å²) in [7, 11) is 3.88. The number of hydrogen-bond acceptors (Lipinski definition) is 15. The Hall–Kier alpha value is -5.76. The number of nitrogens with zero attached hydrogens (tertiary/aromatic N) is 5. The van der Waals surface area contributed by atoms with Gasteiger partial charge in [0.05, 0.1) is 64.6 Å². The summed E-state index contributed by atoms with van der Waals surface area (Å²) in [6.07, 6.45) is 7.54. The summed E-state index contributed by atoms with van der Waals surface area (Å²) in [4.78, 5) is 16.4. The number of ether oxygens (including phenoxy) is 6. The highest BCUT2D eigenvalue weighted by atomic mass is 35.7. The van der Waals surface area contributed by atoms with Gasteiger partial charge in [-0.05, 0) is 102 Å². The van der Waals surface area contributed by atoms with Gasteiger partial charge in [-0.1, -0.05) is 12.1 Å². The van der Waals surface area contributed by atoms with Crippen LogP contribution in [0, 0.1) is 0 Å². The van der Waals surface area contributed by atoms with E-state index in [2.05, 4.69) is 37.4 Å². The molecule has 20 heteroatoms. The predicted octanol–water partition coefficient (Wildman–Crippen LogP) is 6.57. The van der Waals surface area contributed by atoms with Crippen molar-refractivity contribution in [3.8, 4) is 34.8 Å². The van der Waals surface area contributed by atoms with Crippen LogP contribution >= 0.6 is 23.1 Å². The van der Waals surface area contributed by atoms with Crippen molar-refractivity contribution in [1.82, 2.24) is 29.6 Å². The molecule has 6 heterocycles. The number of fused-ring (bicyclic) bond motifs is 2. The molecule has 6 aromatic rings. The molecule has 8 rings (SSSR count). The van der Waals surface area contributed by atoms with Crippen molar-refractivity contribution in [1.29, 1.82) is 0 Å². The van der Waals surface area contributed by atoms with Gasteiger partial charge in [0.2, 0.25) is 21.8 Å². The molecule has 0 spiro atoms. The van der Waals surface area contributed by atoms with E-state index in [1.54, 1.807) is 32.7 Å². The molecule has 0 saturated heterocycles. The Morgan fingerprint density at radius 3 is 1.56 bits per heavy atom. The number of sulfonamides is 1. The molecule has 4 aromatic heterocycles. The Morgan fingerprint density at radius 2 is 1.09 bits per heavy atom. The van der Waals surface area contributed by atoms with Crippen molar-refractivity contribution >= 4 is 42.2 Å². The minimum Gasteiger partial charge on any atom is -0.495 e. The predicted molar refractivity (Wildman–Crippen MR) is 242 cm³/mol. The van der Waals surface area contributed by atoms with Gasteiger partial charge in [-0.25, -0.2) is 26.8 Å². The smallest absolute Gasteiger partial charge is 0.262 e. The van der Waals surface area contributed by atoms with Crippen LogP contribution in [0.25, 0.3) is 0 Å². The summed E-state index contributed by atoms with van der Waals surface area (Å²) >= 11 is 0. The van der Waals surface area contributed by atoms with Crippen LogP contribution < -0.4 is 33.7 Å². The largest absolute Gasteiger partial charge is 0.495 e. The maximum Gasteiger partial charge on any atom is 0.262 e. The second kappa shape index (κ2) is 23.3. The Balaban J connectivity index is 0.000000200. The van der Waals surface area contributed by atoms with Crippen LogP contribution in [-0.2, 0) is 58.2 Å². The fourth-order valence-corrected chi connectivity index (χ4v) is 8.37. The summed E-state index contributed by atoms with van der Waals surface area (Å²) in [6.45, 7) is 3.45. The lowest BCUT2D eigenvalue weighted by molar-refractivity contribution is 0.299. The molecule has 0 atom stereocenters. The molecule has 2 aliphatic rings. The van der Waals surface area contributed by atoms with Crippen LogP contribution in [-0.4, -0.2) is 82.6 Å². The van der Waals surface area contributed by atoms with Crippen molar-refractivity contribution in [2.45, 2.75) is 48.9 Å². The number of hydrogen-bond donors (Lipinski definition) is 1. The van der Waals surface area contributed by atoms with E-state index in [1.807, 2.05) is 48.5 Å². The van der Waals surface area contributed by atoms with Crippen LogP contribution in [0.3, 0.4) is 0 Å². The van der Waals surface area contributed by atoms with E-state index < -0.39 is 19.1 Å². The molecule has 0 unspecified atom stereocenters. The Labute approximate surface area is 383 Å². The van der Waals surface area contributed by atoms with E-state index in [4.69, 9.17) is 39.1 Å². The van der Waals surface area contributed by atoms with Crippen molar-refractivity contribution < 1.29 is 45.3 Å². The minimum atomic E-state index is -3.67. The number of methoxy groups -OCH3 is 4. The summed E-state index contributed by atoms with van der Waals surface area (Å²) in [5, 5.41) is 3.37. The molecule has 2 aliphatic heterocycles. The maximum atomic E-state index is 13.0. The van der Waals surface area contributed by atoms with E-state index in [0.29, 0.717) is 49.4 Å². The Morgan fingerprint density at radius 1 is 0.578 bits per heavy atom. The molecular formula is C44H48Cl2N6O10S2. The first-order valence-electron chi connectivity index (χ1n) is 19.5. The molecular weight excluding hydrogens is 908 g/mol. The fraction of sp³-hybridized carbons (Fsp3) is 0.273. The highest BCUT2D eigenvalue weighted by molar-refractivity contribution is 8.13. The van der Waals surface area contributed by atoms with Crippen LogP contribution in [0.5, 0.6) is 34.8 Å². The lowest BCUT2D eigenvalue weighted by Gasteiger charge is -2.28. The van der Waals surface area contributed by atoms with E-state index in [0.717, 1.165) is 59.7 Å². The standard InChI is InChI=1S/C22H23N3O5S.C16H18N2O2.C6H6ClNO3S.ClH/c1-28-20-6-4-18(23-12-20)15-30-19-5-3-16-9-10-25(14-17(16)11-19)31(26,27)21-7-8-22(29-2)24-13-21;1-19-16-5-3-14(18-10-16)11-20-15-4-2-12-6-7-17-9-13(12)8-15;1-11-6-3-2-5(4-8-6)12(7,9)10;/h3-8,11-13H,9-10,14-15H2,1-2H3;2-5,8,10,17H,6-7,9,11H2,1H3;2-4H,1H3;1H. The lowest BCUT2D eigenvalue weighted by Crippen LogP contribution is -2.36. The van der Waals surface area contributed by atoms with Gasteiger partial charge < -0.3 is 33.7 Å². The summed E-state index contributed by atoms with van der Waals surface area (Å²) in [5.41, 5.74) is 6.46. The normalized spacial score (nSPS) is 13.1. The zero-order valence-corrected chi connectivity index (χ0v) is 38.7. The molecule has 64 heavy (non-hydrogen) atoms. The van der Waals surface area contributed by atoms with Gasteiger partial charge >= 0.3 is 0 Å². The molecule has 1 N–H and O–H groups in total. The SMILES string of the molecule is COc1ccc(COc2ccc3c(c2)CN(S(=O)(=O)c2ccc(OC)nc2)CC3)nc1.COc1ccc(COc2ccc3c(c2)CNCC3)nc1.COc1ccc(S(=O)(=O)Cl)cn1.Cl. The first-order valence-corrected chi connectivity index (χ1v) is 23.3. The molecule has 0 saturated carbocycles. The van der Waals surface area contributed by atoms with Gasteiger partial charge in [0.15, 0.2) is 0 Å². The zero-order chi connectivity index (χ0) is 44.8. The molecule has 340 valence electrons. The second-order valence-electron chi connectivity index (χ2n) is 13.8. The number of halogens is 2. The van der Waals surface area contributed by atoms with Crippen LogP contribution in [0.15, 0.2) is 120 Å². The third-order valence-electron chi connectivity index (χ3n) is 9.82. The first-order chi connectivity index (χ1) is 30.4. The molecule has 16 nitrogen and oxygen atoms in total. The number of aromatic nitrogens is 4. The van der Waals surface area contributed by atoms with Gasteiger partial charge in [0.25, 0.3) is 9.05 Å². The first kappa shape index (κ1) is 49.3. The highest BCUT2D eigenvalue weighted by Gasteiger charge is 2.29. The van der Waals surface area contributed by atoms with Crippen molar-refractivity contribution in [2.24, 2.45) is 0 Å². The maximum absolute atomic E-state index is 13.0. The monoisotopic (exact) mass is 954 g/mol. The fourth-order valence-electron chi connectivity index (χ4n) is 6.32. The minimum absolute atomic E-state index is 0. The van der Waals surface area contributed by atoms with Gasteiger partial charge in [-0.3, -0.25) is 9.97 Å². The van der Waals surface area contributed by atoms with E-state index in [1.165, 1.54) is 54.0 Å².